The van der Waals surface area contributed by atoms with Crippen LogP contribution >= 0.6 is 0 Å². The molecule has 0 rings (SSSR count). The fourth-order valence-corrected chi connectivity index (χ4v) is 0.840. The Balaban J connectivity index is 2.98. The minimum atomic E-state index is 0.455. The third-order valence-corrected chi connectivity index (χ3v) is 1.44. The molecule has 2 heteroatoms. The molecule has 0 heterocycles. The quantitative estimate of drug-likeness (QED) is 0.574. The van der Waals surface area contributed by atoms with Gasteiger partial charge in [0.15, 0.2) is 0 Å². The standard InChI is InChI=1S/C8H18N2/c1-2-3-4-5-6-7-8(9)10/h7H,2-6,9-10H2,1H3. The van der Waals surface area contributed by atoms with Crippen LogP contribution in [0.4, 0.5) is 0 Å². The summed E-state index contributed by atoms with van der Waals surface area (Å²) in [5.41, 5.74) is 10.5. The van der Waals surface area contributed by atoms with E-state index in [1.54, 1.807) is 0 Å². The number of nitrogens with two attached hydrogens (primary N) is 2. The van der Waals surface area contributed by atoms with Crippen molar-refractivity contribution in [2.45, 2.75) is 39.0 Å². The molecule has 0 amide bonds. The van der Waals surface area contributed by atoms with E-state index in [0.717, 1.165) is 6.42 Å². The first-order valence-electron chi connectivity index (χ1n) is 3.98. The number of unbranched alkanes of at least 4 members (excludes halogenated alkanes) is 4. The van der Waals surface area contributed by atoms with Crippen LogP contribution < -0.4 is 11.5 Å². The van der Waals surface area contributed by atoms with Crippen molar-refractivity contribution in [3.63, 3.8) is 0 Å². The molecule has 0 bridgehead atoms. The van der Waals surface area contributed by atoms with Gasteiger partial charge in [0.1, 0.15) is 0 Å². The highest BCUT2D eigenvalue weighted by atomic mass is 14.8. The maximum atomic E-state index is 5.25. The van der Waals surface area contributed by atoms with Gasteiger partial charge in [0.05, 0.1) is 5.82 Å². The predicted octanol–water partition coefficient (Wildman–Crippen LogP) is 1.72. The number of rotatable bonds is 5. The summed E-state index contributed by atoms with van der Waals surface area (Å²) in [6.45, 7) is 2.20. The van der Waals surface area contributed by atoms with Gasteiger partial charge in [0.2, 0.25) is 0 Å². The van der Waals surface area contributed by atoms with Crippen molar-refractivity contribution in [3.8, 4) is 0 Å². The van der Waals surface area contributed by atoms with E-state index in [4.69, 9.17) is 11.5 Å². The maximum Gasteiger partial charge on any atom is 0.0892 e. The van der Waals surface area contributed by atoms with E-state index in [1.807, 2.05) is 6.08 Å². The molecule has 0 aliphatic rings. The Morgan fingerprint density at radius 2 is 1.90 bits per heavy atom. The minimum absolute atomic E-state index is 0.455. The lowest BCUT2D eigenvalue weighted by Gasteiger charge is -1.94. The van der Waals surface area contributed by atoms with Gasteiger partial charge in [-0.25, -0.2) is 0 Å². The van der Waals surface area contributed by atoms with Gasteiger partial charge in [-0.15, -0.1) is 0 Å². The molecule has 0 aromatic heterocycles. The molecule has 4 N–H and O–H groups in total. The Kier molecular flexibility index (Phi) is 6.03. The van der Waals surface area contributed by atoms with Gasteiger partial charge >= 0.3 is 0 Å². The van der Waals surface area contributed by atoms with Crippen LogP contribution in [0.1, 0.15) is 39.0 Å². The zero-order chi connectivity index (χ0) is 7.82. The summed E-state index contributed by atoms with van der Waals surface area (Å²) in [6, 6.07) is 0. The fraction of sp³-hybridized carbons (Fsp3) is 0.750. The first-order valence-corrected chi connectivity index (χ1v) is 3.98. The molecular formula is C8H18N2. The van der Waals surface area contributed by atoms with Gasteiger partial charge < -0.3 is 11.5 Å². The molecule has 60 valence electrons. The van der Waals surface area contributed by atoms with E-state index in [1.165, 1.54) is 25.7 Å². The summed E-state index contributed by atoms with van der Waals surface area (Å²) in [5.74, 6) is 0.455. The second-order valence-corrected chi connectivity index (χ2v) is 2.55. The molecule has 2 nitrogen and oxygen atoms in total. The van der Waals surface area contributed by atoms with Crippen LogP contribution in [-0.4, -0.2) is 0 Å². The van der Waals surface area contributed by atoms with E-state index < -0.39 is 0 Å². The molecule has 0 radical (unpaired) electrons. The van der Waals surface area contributed by atoms with Crippen molar-refractivity contribution < 1.29 is 0 Å². The molecule has 0 spiro atoms. The van der Waals surface area contributed by atoms with Crippen molar-refractivity contribution in [1.82, 2.24) is 0 Å². The van der Waals surface area contributed by atoms with Crippen LogP contribution in [0.2, 0.25) is 0 Å². The highest BCUT2D eigenvalue weighted by molar-refractivity contribution is 4.89. The molecule has 0 aliphatic heterocycles. The normalized spacial score (nSPS) is 9.30. The number of hydrogen-bond donors (Lipinski definition) is 2. The molecular weight excluding hydrogens is 124 g/mol. The summed E-state index contributed by atoms with van der Waals surface area (Å²) in [7, 11) is 0. The Morgan fingerprint density at radius 1 is 1.20 bits per heavy atom. The average molecular weight is 142 g/mol. The van der Waals surface area contributed by atoms with Crippen LogP contribution in [0.15, 0.2) is 11.9 Å². The highest BCUT2D eigenvalue weighted by Gasteiger charge is 1.84. The lowest BCUT2D eigenvalue weighted by molar-refractivity contribution is 0.673. The Labute approximate surface area is 63.3 Å². The smallest absolute Gasteiger partial charge is 0.0892 e. The largest absolute Gasteiger partial charge is 0.386 e. The second-order valence-electron chi connectivity index (χ2n) is 2.55. The molecule has 0 aromatic rings. The van der Waals surface area contributed by atoms with Gasteiger partial charge in [-0.1, -0.05) is 26.2 Å². The Hall–Kier alpha value is -0.660. The van der Waals surface area contributed by atoms with Gasteiger partial charge in [0.25, 0.3) is 0 Å². The Bertz CT molecular complexity index is 93.4. The van der Waals surface area contributed by atoms with E-state index in [2.05, 4.69) is 6.92 Å². The van der Waals surface area contributed by atoms with Crippen molar-refractivity contribution in [3.05, 3.63) is 11.9 Å². The monoisotopic (exact) mass is 142 g/mol. The third-order valence-electron chi connectivity index (χ3n) is 1.44. The van der Waals surface area contributed by atoms with E-state index in [9.17, 15) is 0 Å². The summed E-state index contributed by atoms with van der Waals surface area (Å²) < 4.78 is 0. The molecule has 0 unspecified atom stereocenters. The van der Waals surface area contributed by atoms with Crippen LogP contribution in [0.5, 0.6) is 0 Å². The topological polar surface area (TPSA) is 52.0 Å². The number of allylic oxidation sites excluding steroid dienone is 1. The molecule has 10 heavy (non-hydrogen) atoms. The van der Waals surface area contributed by atoms with Crippen molar-refractivity contribution in [2.24, 2.45) is 11.5 Å². The molecule has 0 fully saturated rings. The van der Waals surface area contributed by atoms with E-state index >= 15 is 0 Å². The molecule has 0 saturated heterocycles. The van der Waals surface area contributed by atoms with Crippen LogP contribution in [0.25, 0.3) is 0 Å². The van der Waals surface area contributed by atoms with Crippen molar-refractivity contribution >= 4 is 0 Å². The second kappa shape index (κ2) is 6.46. The predicted molar refractivity (Wildman–Crippen MR) is 45.2 cm³/mol. The summed E-state index contributed by atoms with van der Waals surface area (Å²) in [5, 5.41) is 0. The van der Waals surface area contributed by atoms with E-state index in [0.29, 0.717) is 5.82 Å². The van der Waals surface area contributed by atoms with Gasteiger partial charge in [0, 0.05) is 0 Å². The first kappa shape index (κ1) is 9.34. The molecule has 0 aromatic carbocycles. The average Bonchev–Trinajstić information content (AvgIpc) is 1.87. The van der Waals surface area contributed by atoms with Crippen LogP contribution in [0.3, 0.4) is 0 Å². The summed E-state index contributed by atoms with van der Waals surface area (Å²) >= 11 is 0. The SMILES string of the molecule is CCCCCCC=C(N)N. The first-order chi connectivity index (χ1) is 4.77. The molecule has 0 aliphatic carbocycles. The maximum absolute atomic E-state index is 5.25. The lowest BCUT2D eigenvalue weighted by atomic mass is 10.1. The summed E-state index contributed by atoms with van der Waals surface area (Å²) in [6.07, 6.45) is 8.02. The van der Waals surface area contributed by atoms with Gasteiger partial charge in [-0.05, 0) is 18.9 Å². The van der Waals surface area contributed by atoms with Crippen LogP contribution in [0, 0.1) is 0 Å². The molecule has 0 saturated carbocycles. The fourth-order valence-electron chi connectivity index (χ4n) is 0.840. The van der Waals surface area contributed by atoms with E-state index in [-0.39, 0.29) is 0 Å². The summed E-state index contributed by atoms with van der Waals surface area (Å²) in [4.78, 5) is 0. The third kappa shape index (κ3) is 7.34. The van der Waals surface area contributed by atoms with Gasteiger partial charge in [-0.2, -0.15) is 0 Å². The van der Waals surface area contributed by atoms with Gasteiger partial charge in [-0.3, -0.25) is 0 Å². The lowest BCUT2D eigenvalue weighted by Crippen LogP contribution is -2.07. The zero-order valence-corrected chi connectivity index (χ0v) is 6.77. The van der Waals surface area contributed by atoms with Crippen molar-refractivity contribution in [1.29, 1.82) is 0 Å². The highest BCUT2D eigenvalue weighted by Crippen LogP contribution is 2.02. The zero-order valence-electron chi connectivity index (χ0n) is 6.77. The Morgan fingerprint density at radius 3 is 2.40 bits per heavy atom. The van der Waals surface area contributed by atoms with Crippen LogP contribution in [-0.2, 0) is 0 Å². The van der Waals surface area contributed by atoms with Crippen molar-refractivity contribution in [2.75, 3.05) is 0 Å². The minimum Gasteiger partial charge on any atom is -0.386 e. The number of hydrogen-bond acceptors (Lipinski definition) is 2. The molecule has 0 atom stereocenters.